The van der Waals surface area contributed by atoms with Gasteiger partial charge in [-0.05, 0) is 12.5 Å². The van der Waals surface area contributed by atoms with E-state index in [2.05, 4.69) is 6.07 Å². The first-order valence-corrected chi connectivity index (χ1v) is 6.40. The number of nitriles is 1. The van der Waals surface area contributed by atoms with E-state index in [1.165, 1.54) is 0 Å². The third-order valence-corrected chi connectivity index (χ3v) is 4.02. The van der Waals surface area contributed by atoms with E-state index >= 15 is 0 Å². The number of ether oxygens (including phenoxy) is 1. The maximum Gasteiger partial charge on any atom is 0.306 e. The molecule has 84 valence electrons. The molecule has 0 saturated heterocycles. The maximum absolute atomic E-state index is 11.6. The van der Waals surface area contributed by atoms with Crippen LogP contribution in [0.15, 0.2) is 30.3 Å². The van der Waals surface area contributed by atoms with Crippen molar-refractivity contribution in [3.8, 4) is 6.07 Å². The molecule has 0 amide bonds. The third-order valence-electron chi connectivity index (χ3n) is 2.55. The molecule has 0 spiro atoms. The van der Waals surface area contributed by atoms with Crippen molar-refractivity contribution < 1.29 is 9.53 Å². The first kappa shape index (κ1) is 12.5. The molecule has 0 radical (unpaired) electrons. The molecule has 2 unspecified atom stereocenters. The van der Waals surface area contributed by atoms with Gasteiger partial charge in [0, 0.05) is 10.2 Å². The summed E-state index contributed by atoms with van der Waals surface area (Å²) in [5, 5.41) is 8.70. The van der Waals surface area contributed by atoms with Gasteiger partial charge in [-0.1, -0.05) is 30.3 Å². The lowest BCUT2D eigenvalue weighted by Gasteiger charge is -2.12. The minimum absolute atomic E-state index is 0.242. The molecule has 0 fully saturated rings. The summed E-state index contributed by atoms with van der Waals surface area (Å²) < 4.78 is 5.16. The predicted octanol–water partition coefficient (Wildman–Crippen LogP) is 1.04. The highest BCUT2D eigenvalue weighted by atomic mass is 28.1. The molecule has 2 atom stereocenters. The predicted molar refractivity (Wildman–Crippen MR) is 64.7 cm³/mol. The summed E-state index contributed by atoms with van der Waals surface area (Å²) in [6.07, 6.45) is 0. The van der Waals surface area contributed by atoms with Gasteiger partial charge in [0.15, 0.2) is 0 Å². The molecule has 3 nitrogen and oxygen atoms in total. The van der Waals surface area contributed by atoms with Gasteiger partial charge in [0.05, 0.1) is 17.5 Å². The zero-order chi connectivity index (χ0) is 12.0. The number of carbonyl (C=O) groups excluding carboxylic acids is 1. The highest BCUT2D eigenvalue weighted by Gasteiger charge is 2.21. The second-order valence-corrected chi connectivity index (χ2v) is 5.04. The van der Waals surface area contributed by atoms with Gasteiger partial charge in [-0.3, -0.25) is 4.79 Å². The molecular formula is C12H15NO2Si. The van der Waals surface area contributed by atoms with Crippen LogP contribution in [0.25, 0.3) is 0 Å². The number of carbonyl (C=O) groups is 1. The second kappa shape index (κ2) is 6.08. The van der Waals surface area contributed by atoms with Gasteiger partial charge in [0.1, 0.15) is 6.61 Å². The molecule has 0 aliphatic rings. The smallest absolute Gasteiger partial charge is 0.306 e. The maximum atomic E-state index is 11.6. The summed E-state index contributed by atoms with van der Waals surface area (Å²) in [4.78, 5) is 11.6. The van der Waals surface area contributed by atoms with Gasteiger partial charge in [-0.15, -0.1) is 0 Å². The van der Waals surface area contributed by atoms with Crippen LogP contribution in [0, 0.1) is 17.2 Å². The number of hydrogen-bond acceptors (Lipinski definition) is 3. The Balaban J connectivity index is 2.45. The van der Waals surface area contributed by atoms with E-state index in [1.54, 1.807) is 6.92 Å². The van der Waals surface area contributed by atoms with Crippen LogP contribution < -0.4 is 0 Å². The Morgan fingerprint density at radius 2 is 2.12 bits per heavy atom. The Morgan fingerprint density at radius 3 is 2.69 bits per heavy atom. The normalized spacial score (nSPS) is 13.8. The fraction of sp³-hybridized carbons (Fsp3) is 0.333. The number of rotatable bonds is 4. The summed E-state index contributed by atoms with van der Waals surface area (Å²) >= 11 is 0. The zero-order valence-corrected chi connectivity index (χ0v) is 11.5. The van der Waals surface area contributed by atoms with Crippen LogP contribution in [0.1, 0.15) is 12.5 Å². The third kappa shape index (κ3) is 3.52. The lowest BCUT2D eigenvalue weighted by molar-refractivity contribution is -0.145. The zero-order valence-electron chi connectivity index (χ0n) is 9.51. The molecule has 4 heteroatoms. The second-order valence-electron chi connectivity index (χ2n) is 3.80. The summed E-state index contributed by atoms with van der Waals surface area (Å²) in [6, 6.07) is 11.6. The average molecular weight is 233 g/mol. The van der Waals surface area contributed by atoms with Crippen LogP contribution >= 0.6 is 0 Å². The van der Waals surface area contributed by atoms with Gasteiger partial charge in [0.2, 0.25) is 0 Å². The molecular weight excluding hydrogens is 218 g/mol. The van der Waals surface area contributed by atoms with Crippen molar-refractivity contribution in [3.63, 3.8) is 0 Å². The van der Waals surface area contributed by atoms with Gasteiger partial charge >= 0.3 is 5.97 Å². The lowest BCUT2D eigenvalue weighted by Crippen LogP contribution is -2.18. The molecule has 16 heavy (non-hydrogen) atoms. The number of hydrogen-bond donors (Lipinski definition) is 0. The van der Waals surface area contributed by atoms with E-state index in [0.717, 1.165) is 5.56 Å². The Kier molecular flexibility index (Phi) is 4.74. The standard InChI is InChI=1S/C12H15NO2Si/c1-9(7-13)11(16)12(14)15-8-10-5-3-2-4-6-10/h2-6,9,11H,8H2,1,16H3. The van der Waals surface area contributed by atoms with Crippen molar-refractivity contribution in [2.45, 2.75) is 19.1 Å². The molecule has 0 aliphatic heterocycles. The minimum atomic E-state index is -0.260. The topological polar surface area (TPSA) is 50.1 Å². The van der Waals surface area contributed by atoms with Crippen molar-refractivity contribution in [1.29, 1.82) is 5.26 Å². The molecule has 1 aromatic carbocycles. The average Bonchev–Trinajstić information content (AvgIpc) is 2.35. The summed E-state index contributed by atoms with van der Waals surface area (Å²) in [5.41, 5.74) is 0.725. The Hall–Kier alpha value is -1.60. The monoisotopic (exact) mass is 233 g/mol. The van der Waals surface area contributed by atoms with Crippen LogP contribution in [0.2, 0.25) is 5.54 Å². The fourth-order valence-electron chi connectivity index (χ4n) is 1.18. The molecule has 0 saturated carbocycles. The number of benzene rings is 1. The molecule has 0 N–H and O–H groups in total. The minimum Gasteiger partial charge on any atom is -0.461 e. The SMILES string of the molecule is CC(C#N)C([SiH3])C(=O)OCc1ccccc1. The van der Waals surface area contributed by atoms with Crippen LogP contribution in [-0.2, 0) is 16.1 Å². The number of nitrogens with zero attached hydrogens (tertiary/aromatic N) is 1. The largest absolute Gasteiger partial charge is 0.461 e. The van der Waals surface area contributed by atoms with Crippen LogP contribution in [0.3, 0.4) is 0 Å². The summed E-state index contributed by atoms with van der Waals surface area (Å²) in [7, 11) is 0.646. The van der Waals surface area contributed by atoms with Gasteiger partial charge in [0.25, 0.3) is 0 Å². The van der Waals surface area contributed by atoms with E-state index in [9.17, 15) is 4.79 Å². The number of esters is 1. The first-order valence-electron chi connectivity index (χ1n) is 5.25. The van der Waals surface area contributed by atoms with Crippen LogP contribution in [0.4, 0.5) is 0 Å². The summed E-state index contributed by atoms with van der Waals surface area (Å²) in [5.74, 6) is -0.514. The van der Waals surface area contributed by atoms with Crippen molar-refractivity contribution in [1.82, 2.24) is 0 Å². The highest BCUT2D eigenvalue weighted by molar-refractivity contribution is 6.23. The van der Waals surface area contributed by atoms with Gasteiger partial charge in [-0.2, -0.15) is 5.26 Å². The Bertz CT molecular complexity index is 386. The van der Waals surface area contributed by atoms with Crippen molar-refractivity contribution in [3.05, 3.63) is 35.9 Å². The highest BCUT2D eigenvalue weighted by Crippen LogP contribution is 2.15. The van der Waals surface area contributed by atoms with Gasteiger partial charge < -0.3 is 4.74 Å². The van der Waals surface area contributed by atoms with Crippen LogP contribution in [-0.4, -0.2) is 16.2 Å². The van der Waals surface area contributed by atoms with E-state index in [-0.39, 0.29) is 24.0 Å². The molecule has 0 heterocycles. The fourth-order valence-corrected chi connectivity index (χ4v) is 1.49. The van der Waals surface area contributed by atoms with Gasteiger partial charge in [-0.25, -0.2) is 0 Å². The van der Waals surface area contributed by atoms with Crippen molar-refractivity contribution >= 4 is 16.2 Å². The van der Waals surface area contributed by atoms with E-state index in [1.807, 2.05) is 30.3 Å². The van der Waals surface area contributed by atoms with Crippen molar-refractivity contribution in [2.24, 2.45) is 5.92 Å². The molecule has 0 bridgehead atoms. The van der Waals surface area contributed by atoms with Crippen LogP contribution in [0.5, 0.6) is 0 Å². The van der Waals surface area contributed by atoms with E-state index < -0.39 is 0 Å². The Labute approximate surface area is 98.5 Å². The lowest BCUT2D eigenvalue weighted by atomic mass is 10.1. The first-order chi connectivity index (χ1) is 7.65. The van der Waals surface area contributed by atoms with E-state index in [4.69, 9.17) is 10.00 Å². The van der Waals surface area contributed by atoms with E-state index in [0.29, 0.717) is 10.2 Å². The summed E-state index contributed by atoms with van der Waals surface area (Å²) in [6.45, 7) is 2.04. The molecule has 1 rings (SSSR count). The molecule has 1 aromatic rings. The molecule has 0 aliphatic carbocycles. The Morgan fingerprint density at radius 1 is 1.50 bits per heavy atom. The molecule has 0 aromatic heterocycles. The van der Waals surface area contributed by atoms with Crippen molar-refractivity contribution in [2.75, 3.05) is 0 Å². The quantitative estimate of drug-likeness (QED) is 0.577.